The van der Waals surface area contributed by atoms with Gasteiger partial charge in [0.25, 0.3) is 0 Å². The van der Waals surface area contributed by atoms with Crippen molar-refractivity contribution >= 4 is 11.6 Å². The van der Waals surface area contributed by atoms with Crippen LogP contribution in [0.1, 0.15) is 67.2 Å². The van der Waals surface area contributed by atoms with Crippen LogP contribution in [0.25, 0.3) is 0 Å². The molecular formula is C27H33NO. The number of carbonyl (C=O) groups is 1. The van der Waals surface area contributed by atoms with Crippen LogP contribution >= 0.6 is 0 Å². The van der Waals surface area contributed by atoms with Crippen LogP contribution in [0.15, 0.2) is 42.5 Å². The molecular weight excluding hydrogens is 354 g/mol. The predicted octanol–water partition coefficient (Wildman–Crippen LogP) is 6.34. The van der Waals surface area contributed by atoms with E-state index in [4.69, 9.17) is 0 Å². The molecule has 4 aliphatic carbocycles. The molecule has 152 valence electrons. The quantitative estimate of drug-likeness (QED) is 0.637. The van der Waals surface area contributed by atoms with Crippen LogP contribution in [-0.2, 0) is 16.6 Å². The fraction of sp³-hybridized carbons (Fsp3) is 0.519. The van der Waals surface area contributed by atoms with Crippen molar-refractivity contribution in [2.75, 3.05) is 5.32 Å². The van der Waals surface area contributed by atoms with Gasteiger partial charge in [-0.05, 0) is 116 Å². The summed E-state index contributed by atoms with van der Waals surface area (Å²) in [7, 11) is 0. The summed E-state index contributed by atoms with van der Waals surface area (Å²) in [4.78, 5) is 12.4. The molecule has 2 aromatic rings. The Hall–Kier alpha value is -2.09. The van der Waals surface area contributed by atoms with E-state index in [1.807, 2.05) is 0 Å². The molecule has 0 saturated heterocycles. The van der Waals surface area contributed by atoms with Crippen molar-refractivity contribution in [1.29, 1.82) is 0 Å². The minimum atomic E-state index is 0.103. The zero-order chi connectivity index (χ0) is 20.0. The zero-order valence-corrected chi connectivity index (χ0v) is 17.8. The Kier molecular flexibility index (Phi) is 4.76. The van der Waals surface area contributed by atoms with E-state index in [1.165, 1.54) is 60.8 Å². The lowest BCUT2D eigenvalue weighted by Gasteiger charge is -2.57. The molecule has 0 unspecified atom stereocenters. The number of hydrogen-bond acceptors (Lipinski definition) is 1. The lowest BCUT2D eigenvalue weighted by molar-refractivity contribution is -0.116. The van der Waals surface area contributed by atoms with Gasteiger partial charge in [0.1, 0.15) is 0 Å². The molecule has 2 aromatic carbocycles. The molecule has 1 N–H and O–H groups in total. The summed E-state index contributed by atoms with van der Waals surface area (Å²) < 4.78 is 0. The molecule has 1 amide bonds. The molecule has 2 nitrogen and oxygen atoms in total. The van der Waals surface area contributed by atoms with E-state index >= 15 is 0 Å². The van der Waals surface area contributed by atoms with Crippen molar-refractivity contribution in [3.63, 3.8) is 0 Å². The Balaban J connectivity index is 1.20. The van der Waals surface area contributed by atoms with Gasteiger partial charge in [0.15, 0.2) is 0 Å². The molecule has 29 heavy (non-hydrogen) atoms. The second kappa shape index (κ2) is 7.31. The summed E-state index contributed by atoms with van der Waals surface area (Å²) >= 11 is 0. The minimum Gasteiger partial charge on any atom is -0.326 e. The normalized spacial score (nSPS) is 29.8. The van der Waals surface area contributed by atoms with Crippen LogP contribution in [0.4, 0.5) is 5.69 Å². The summed E-state index contributed by atoms with van der Waals surface area (Å²) in [5.41, 5.74) is 6.72. The van der Waals surface area contributed by atoms with Gasteiger partial charge in [-0.3, -0.25) is 4.79 Å². The number of carbonyl (C=O) groups excluding carboxylic acids is 1. The minimum absolute atomic E-state index is 0.103. The van der Waals surface area contributed by atoms with Gasteiger partial charge < -0.3 is 5.32 Å². The van der Waals surface area contributed by atoms with Crippen molar-refractivity contribution in [2.24, 2.45) is 17.8 Å². The third-order valence-electron chi connectivity index (χ3n) is 8.03. The average molecular weight is 388 g/mol. The van der Waals surface area contributed by atoms with Gasteiger partial charge >= 0.3 is 0 Å². The van der Waals surface area contributed by atoms with Gasteiger partial charge in [0, 0.05) is 12.1 Å². The number of benzene rings is 2. The van der Waals surface area contributed by atoms with Crippen LogP contribution in [-0.4, -0.2) is 5.91 Å². The van der Waals surface area contributed by atoms with Crippen LogP contribution < -0.4 is 5.32 Å². The Bertz CT molecular complexity index is 875. The zero-order valence-electron chi connectivity index (χ0n) is 17.8. The summed E-state index contributed by atoms with van der Waals surface area (Å²) in [6.45, 7) is 4.25. The van der Waals surface area contributed by atoms with E-state index in [2.05, 4.69) is 61.6 Å². The first-order valence-corrected chi connectivity index (χ1v) is 11.5. The summed E-state index contributed by atoms with van der Waals surface area (Å²) in [5.74, 6) is 2.99. The van der Waals surface area contributed by atoms with Gasteiger partial charge in [0.2, 0.25) is 5.91 Å². The van der Waals surface area contributed by atoms with E-state index in [0.29, 0.717) is 11.8 Å². The van der Waals surface area contributed by atoms with E-state index in [0.717, 1.165) is 29.9 Å². The fourth-order valence-corrected chi connectivity index (χ4v) is 6.81. The topological polar surface area (TPSA) is 29.1 Å². The molecule has 0 heterocycles. The number of rotatable bonds is 5. The third-order valence-corrected chi connectivity index (χ3v) is 8.03. The molecule has 4 bridgehead atoms. The van der Waals surface area contributed by atoms with Crippen LogP contribution in [0, 0.1) is 31.6 Å². The van der Waals surface area contributed by atoms with Gasteiger partial charge in [0.05, 0.1) is 0 Å². The van der Waals surface area contributed by atoms with E-state index in [-0.39, 0.29) is 5.91 Å². The van der Waals surface area contributed by atoms with Crippen LogP contribution in [0.2, 0.25) is 0 Å². The lowest BCUT2D eigenvalue weighted by atomic mass is 9.48. The van der Waals surface area contributed by atoms with Crippen molar-refractivity contribution in [1.82, 2.24) is 0 Å². The number of amides is 1. The van der Waals surface area contributed by atoms with Crippen LogP contribution in [0.5, 0.6) is 0 Å². The summed E-state index contributed by atoms with van der Waals surface area (Å²) in [5, 5.41) is 3.10. The molecule has 0 aromatic heterocycles. The SMILES string of the molecule is Cc1ccc(CCC(=O)Nc2ccc(C34CC5CC(CC(C5)C3)C4)cc2)cc1C. The second-order valence-electron chi connectivity index (χ2n) is 10.2. The monoisotopic (exact) mass is 387 g/mol. The fourth-order valence-electron chi connectivity index (χ4n) is 6.81. The number of hydrogen-bond donors (Lipinski definition) is 1. The Morgan fingerprint density at radius 3 is 2.10 bits per heavy atom. The molecule has 2 heteroatoms. The highest BCUT2D eigenvalue weighted by atomic mass is 16.1. The van der Waals surface area contributed by atoms with E-state index in [9.17, 15) is 4.79 Å². The Labute approximate surface area is 175 Å². The molecule has 0 atom stereocenters. The van der Waals surface area contributed by atoms with E-state index < -0.39 is 0 Å². The molecule has 0 aliphatic heterocycles. The van der Waals surface area contributed by atoms with Crippen molar-refractivity contribution in [3.8, 4) is 0 Å². The van der Waals surface area contributed by atoms with Gasteiger partial charge in [-0.2, -0.15) is 0 Å². The standard InChI is InChI=1S/C27H33NO/c1-18-3-4-20(11-19(18)2)5-10-26(29)28-25-8-6-24(7-9-25)27-15-21-12-22(16-27)14-23(13-21)17-27/h3-4,6-9,11,21-23H,5,10,12-17H2,1-2H3,(H,28,29). The van der Waals surface area contributed by atoms with Gasteiger partial charge in [-0.15, -0.1) is 0 Å². The maximum Gasteiger partial charge on any atom is 0.224 e. The highest BCUT2D eigenvalue weighted by Gasteiger charge is 2.51. The third kappa shape index (κ3) is 3.74. The smallest absolute Gasteiger partial charge is 0.224 e. The van der Waals surface area contributed by atoms with Gasteiger partial charge in [-0.1, -0.05) is 30.3 Å². The second-order valence-corrected chi connectivity index (χ2v) is 10.2. The first-order chi connectivity index (χ1) is 14.0. The number of nitrogens with one attached hydrogen (secondary N) is 1. The van der Waals surface area contributed by atoms with Crippen molar-refractivity contribution in [2.45, 2.75) is 70.6 Å². The molecule has 4 aliphatic rings. The summed E-state index contributed by atoms with van der Waals surface area (Å²) in [6.07, 6.45) is 9.93. The molecule has 6 rings (SSSR count). The lowest BCUT2D eigenvalue weighted by Crippen LogP contribution is -2.48. The first-order valence-electron chi connectivity index (χ1n) is 11.5. The first kappa shape index (κ1) is 18.9. The molecule has 4 saturated carbocycles. The van der Waals surface area contributed by atoms with E-state index in [1.54, 1.807) is 0 Å². The predicted molar refractivity (Wildman–Crippen MR) is 119 cm³/mol. The molecule has 0 spiro atoms. The Morgan fingerprint density at radius 2 is 1.52 bits per heavy atom. The van der Waals surface area contributed by atoms with Crippen molar-refractivity contribution in [3.05, 3.63) is 64.7 Å². The maximum atomic E-state index is 12.4. The highest BCUT2D eigenvalue weighted by molar-refractivity contribution is 5.90. The average Bonchev–Trinajstić information content (AvgIpc) is 2.68. The molecule has 4 fully saturated rings. The number of anilines is 1. The van der Waals surface area contributed by atoms with Crippen LogP contribution in [0.3, 0.4) is 0 Å². The van der Waals surface area contributed by atoms with Crippen molar-refractivity contribution < 1.29 is 4.79 Å². The largest absolute Gasteiger partial charge is 0.326 e. The number of aryl methyl sites for hydroxylation is 3. The maximum absolute atomic E-state index is 12.4. The summed E-state index contributed by atoms with van der Waals surface area (Å²) in [6, 6.07) is 15.3. The van der Waals surface area contributed by atoms with Gasteiger partial charge in [-0.25, -0.2) is 0 Å². The molecule has 0 radical (unpaired) electrons. The Morgan fingerprint density at radius 1 is 0.897 bits per heavy atom. The highest BCUT2D eigenvalue weighted by Crippen LogP contribution is 2.60.